The van der Waals surface area contributed by atoms with Gasteiger partial charge in [0, 0.05) is 19.0 Å². The van der Waals surface area contributed by atoms with Gasteiger partial charge in [0.1, 0.15) is 6.04 Å². The lowest BCUT2D eigenvalue weighted by Gasteiger charge is -2.31. The number of carbonyl (C=O) groups excluding carboxylic acids is 3. The lowest BCUT2D eigenvalue weighted by atomic mass is 9.96. The number of piperidine rings is 1. The molecule has 1 atom stereocenters. The number of ether oxygens (including phenoxy) is 1. The first-order chi connectivity index (χ1) is 9.99. The van der Waals surface area contributed by atoms with Gasteiger partial charge >= 0.3 is 12.0 Å². The Morgan fingerprint density at radius 2 is 2.00 bits per heavy atom. The molecule has 0 spiro atoms. The molecule has 120 valence electrons. The number of nitrogens with zero attached hydrogens (tertiary/aromatic N) is 1. The number of methoxy groups -OCH3 is 1. The Balaban J connectivity index is 2.50. The highest BCUT2D eigenvalue weighted by atomic mass is 32.2. The summed E-state index contributed by atoms with van der Waals surface area (Å²) in [6, 6.07) is -0.932. The van der Waals surface area contributed by atoms with Gasteiger partial charge in [-0.1, -0.05) is 0 Å². The van der Waals surface area contributed by atoms with Crippen LogP contribution in [0.15, 0.2) is 0 Å². The molecule has 0 radical (unpaired) electrons. The average Bonchev–Trinajstić information content (AvgIpc) is 2.50. The number of thioether (sulfide) groups is 1. The van der Waals surface area contributed by atoms with Crippen molar-refractivity contribution in [2.45, 2.75) is 25.3 Å². The maximum Gasteiger partial charge on any atom is 0.328 e. The number of carbonyl (C=O) groups is 3. The maximum atomic E-state index is 12.2. The molecule has 0 aromatic rings. The Kier molecular flexibility index (Phi) is 7.35. The summed E-state index contributed by atoms with van der Waals surface area (Å²) in [5.74, 6) is -0.169. The predicted molar refractivity (Wildman–Crippen MR) is 80.8 cm³/mol. The van der Waals surface area contributed by atoms with E-state index in [1.165, 1.54) is 7.11 Å². The van der Waals surface area contributed by atoms with E-state index in [-0.39, 0.29) is 17.9 Å². The molecule has 21 heavy (non-hydrogen) atoms. The molecule has 0 bridgehead atoms. The molecule has 0 aromatic carbocycles. The number of urea groups is 1. The van der Waals surface area contributed by atoms with Gasteiger partial charge in [0.25, 0.3) is 0 Å². The molecule has 1 fully saturated rings. The van der Waals surface area contributed by atoms with E-state index in [2.05, 4.69) is 5.32 Å². The van der Waals surface area contributed by atoms with Crippen LogP contribution in [0, 0.1) is 5.92 Å². The van der Waals surface area contributed by atoms with Crippen molar-refractivity contribution in [1.29, 1.82) is 0 Å². The largest absolute Gasteiger partial charge is 0.467 e. The van der Waals surface area contributed by atoms with Crippen LogP contribution in [-0.2, 0) is 14.3 Å². The van der Waals surface area contributed by atoms with Crippen LogP contribution in [0.1, 0.15) is 19.3 Å². The lowest BCUT2D eigenvalue weighted by molar-refractivity contribution is -0.142. The number of esters is 1. The molecule has 0 aliphatic carbocycles. The number of nitrogens with one attached hydrogen (secondary N) is 1. The zero-order chi connectivity index (χ0) is 15.8. The van der Waals surface area contributed by atoms with Gasteiger partial charge in [-0.25, -0.2) is 9.59 Å². The molecule has 7 nitrogen and oxygen atoms in total. The first-order valence-electron chi connectivity index (χ1n) is 6.91. The van der Waals surface area contributed by atoms with Crippen molar-refractivity contribution in [2.75, 3.05) is 32.2 Å². The number of hydrogen-bond donors (Lipinski definition) is 2. The Morgan fingerprint density at radius 3 is 2.48 bits per heavy atom. The minimum Gasteiger partial charge on any atom is -0.467 e. The molecular formula is C13H23N3O4S. The van der Waals surface area contributed by atoms with Crippen LogP contribution in [0.3, 0.4) is 0 Å². The zero-order valence-corrected chi connectivity index (χ0v) is 13.3. The Morgan fingerprint density at radius 1 is 1.38 bits per heavy atom. The van der Waals surface area contributed by atoms with Gasteiger partial charge in [-0.3, -0.25) is 4.79 Å². The Hall–Kier alpha value is -1.44. The number of primary amides is 1. The van der Waals surface area contributed by atoms with Crippen LogP contribution in [0.25, 0.3) is 0 Å². The third-order valence-corrected chi connectivity index (χ3v) is 4.22. The highest BCUT2D eigenvalue weighted by Gasteiger charge is 2.28. The minimum atomic E-state index is -0.635. The maximum absolute atomic E-state index is 12.2. The SMILES string of the molecule is COC(=O)C(CCSC)NC(=O)N1CCC(C(N)=O)CC1. The molecule has 8 heteroatoms. The smallest absolute Gasteiger partial charge is 0.328 e. The summed E-state index contributed by atoms with van der Waals surface area (Å²) in [4.78, 5) is 36.5. The van der Waals surface area contributed by atoms with Crippen molar-refractivity contribution >= 4 is 29.7 Å². The summed E-state index contributed by atoms with van der Waals surface area (Å²) in [5.41, 5.74) is 5.26. The molecule has 3 N–H and O–H groups in total. The van der Waals surface area contributed by atoms with Crippen molar-refractivity contribution in [1.82, 2.24) is 10.2 Å². The summed E-state index contributed by atoms with van der Waals surface area (Å²) in [6.45, 7) is 0.936. The number of likely N-dealkylation sites (tertiary alicyclic amines) is 1. The molecular weight excluding hydrogens is 294 g/mol. The van der Waals surface area contributed by atoms with Gasteiger partial charge in [0.15, 0.2) is 0 Å². The molecule has 1 rings (SSSR count). The molecule has 1 heterocycles. The van der Waals surface area contributed by atoms with E-state index in [4.69, 9.17) is 10.5 Å². The van der Waals surface area contributed by atoms with Gasteiger partial charge in [-0.2, -0.15) is 11.8 Å². The van der Waals surface area contributed by atoms with Gasteiger partial charge in [0.05, 0.1) is 7.11 Å². The molecule has 3 amide bonds. The van der Waals surface area contributed by atoms with E-state index in [1.807, 2.05) is 6.26 Å². The van der Waals surface area contributed by atoms with E-state index >= 15 is 0 Å². The van der Waals surface area contributed by atoms with Gasteiger partial charge in [-0.15, -0.1) is 0 Å². The van der Waals surface area contributed by atoms with Crippen molar-refractivity contribution in [3.63, 3.8) is 0 Å². The zero-order valence-electron chi connectivity index (χ0n) is 12.5. The lowest BCUT2D eigenvalue weighted by Crippen LogP contribution is -2.51. The Labute approximate surface area is 128 Å². The quantitative estimate of drug-likeness (QED) is 0.681. The number of nitrogens with two attached hydrogens (primary N) is 1. The van der Waals surface area contributed by atoms with E-state index in [1.54, 1.807) is 16.7 Å². The Bertz CT molecular complexity index is 384. The van der Waals surface area contributed by atoms with Crippen molar-refractivity contribution in [3.8, 4) is 0 Å². The number of hydrogen-bond acceptors (Lipinski definition) is 5. The molecule has 0 aromatic heterocycles. The first-order valence-corrected chi connectivity index (χ1v) is 8.30. The second kappa shape index (κ2) is 8.76. The molecule has 0 saturated carbocycles. The summed E-state index contributed by atoms with van der Waals surface area (Å²) < 4.78 is 4.70. The number of amides is 3. The van der Waals surface area contributed by atoms with Crippen LogP contribution in [-0.4, -0.2) is 61.1 Å². The predicted octanol–water partition coefficient (Wildman–Crippen LogP) is 0.188. The molecule has 1 aliphatic heterocycles. The average molecular weight is 317 g/mol. The van der Waals surface area contributed by atoms with E-state index < -0.39 is 12.0 Å². The summed E-state index contributed by atoms with van der Waals surface area (Å²) >= 11 is 1.60. The third kappa shape index (κ3) is 5.45. The van der Waals surface area contributed by atoms with Crippen molar-refractivity contribution < 1.29 is 19.1 Å². The molecule has 1 saturated heterocycles. The van der Waals surface area contributed by atoms with Crippen LogP contribution in [0.4, 0.5) is 4.79 Å². The fourth-order valence-corrected chi connectivity index (χ4v) is 2.71. The van der Waals surface area contributed by atoms with Gasteiger partial charge in [-0.05, 0) is 31.3 Å². The normalized spacial score (nSPS) is 17.1. The second-order valence-electron chi connectivity index (χ2n) is 4.97. The van der Waals surface area contributed by atoms with E-state index in [0.717, 1.165) is 5.75 Å². The topological polar surface area (TPSA) is 102 Å². The van der Waals surface area contributed by atoms with Crippen molar-refractivity contribution in [3.05, 3.63) is 0 Å². The first kappa shape index (κ1) is 17.6. The summed E-state index contributed by atoms with van der Waals surface area (Å²) in [7, 11) is 1.30. The van der Waals surface area contributed by atoms with Crippen LogP contribution >= 0.6 is 11.8 Å². The number of rotatable bonds is 6. The van der Waals surface area contributed by atoms with Crippen LogP contribution in [0.5, 0.6) is 0 Å². The highest BCUT2D eigenvalue weighted by molar-refractivity contribution is 7.98. The van der Waals surface area contributed by atoms with Crippen LogP contribution < -0.4 is 11.1 Å². The summed E-state index contributed by atoms with van der Waals surface area (Å²) in [5, 5.41) is 2.70. The summed E-state index contributed by atoms with van der Waals surface area (Å²) in [6.07, 6.45) is 3.59. The van der Waals surface area contributed by atoms with E-state index in [0.29, 0.717) is 32.4 Å². The molecule has 1 aliphatic rings. The standard InChI is InChI=1S/C13H23N3O4S/c1-20-12(18)10(5-8-21-2)15-13(19)16-6-3-9(4-7-16)11(14)17/h9-10H,3-8H2,1-2H3,(H2,14,17)(H,15,19). The fraction of sp³-hybridized carbons (Fsp3) is 0.769. The molecule has 1 unspecified atom stereocenters. The van der Waals surface area contributed by atoms with Gasteiger partial charge < -0.3 is 20.7 Å². The second-order valence-corrected chi connectivity index (χ2v) is 5.96. The monoisotopic (exact) mass is 317 g/mol. The minimum absolute atomic E-state index is 0.165. The van der Waals surface area contributed by atoms with Crippen molar-refractivity contribution in [2.24, 2.45) is 11.7 Å². The third-order valence-electron chi connectivity index (χ3n) is 3.58. The van der Waals surface area contributed by atoms with E-state index in [9.17, 15) is 14.4 Å². The fourth-order valence-electron chi connectivity index (χ4n) is 2.23. The van der Waals surface area contributed by atoms with Crippen LogP contribution in [0.2, 0.25) is 0 Å². The van der Waals surface area contributed by atoms with Gasteiger partial charge in [0.2, 0.25) is 5.91 Å². The highest BCUT2D eigenvalue weighted by Crippen LogP contribution is 2.16.